The maximum Gasteiger partial charge on any atom is 0.420 e. The molecule has 1 saturated heterocycles. The molecular weight excluding hydrogens is 476 g/mol. The molecule has 1 fully saturated rings. The number of hydrogen-bond acceptors (Lipinski definition) is 7. The van der Waals surface area contributed by atoms with Gasteiger partial charge < -0.3 is 20.7 Å². The summed E-state index contributed by atoms with van der Waals surface area (Å²) in [5.41, 5.74) is -1.26. The van der Waals surface area contributed by atoms with E-state index in [4.69, 9.17) is 4.74 Å². The Kier molecular flexibility index (Phi) is 6.78. The summed E-state index contributed by atoms with van der Waals surface area (Å²) in [5, 5.41) is 9.44. The zero-order valence-corrected chi connectivity index (χ0v) is 20.4. The molecule has 3 heterocycles. The molecule has 3 aromatic rings. The summed E-state index contributed by atoms with van der Waals surface area (Å²) in [4.78, 5) is 11.9. The third-order valence-electron chi connectivity index (χ3n) is 5.68. The van der Waals surface area contributed by atoms with E-state index in [0.717, 1.165) is 25.1 Å². The number of aromatic nitrogens is 3. The van der Waals surface area contributed by atoms with Crippen molar-refractivity contribution in [1.82, 2.24) is 20.3 Å². The fraction of sp³-hybridized carbons (Fsp3) is 0.400. The lowest BCUT2D eigenvalue weighted by Gasteiger charge is -2.46. The first-order valence-corrected chi connectivity index (χ1v) is 11.4. The Balaban J connectivity index is 1.55. The summed E-state index contributed by atoms with van der Waals surface area (Å²) >= 11 is 0. The zero-order valence-electron chi connectivity index (χ0n) is 20.4. The topological polar surface area (TPSA) is 84.0 Å². The Morgan fingerprint density at radius 1 is 1.06 bits per heavy atom. The quantitative estimate of drug-likeness (QED) is 0.341. The Hall–Kier alpha value is -3.47. The molecule has 36 heavy (non-hydrogen) atoms. The first-order valence-electron chi connectivity index (χ1n) is 11.4. The van der Waals surface area contributed by atoms with Crippen LogP contribution >= 0.6 is 0 Å². The van der Waals surface area contributed by atoms with Crippen LogP contribution in [0.15, 0.2) is 48.9 Å². The molecule has 0 bridgehead atoms. The van der Waals surface area contributed by atoms with E-state index >= 15 is 0 Å². The summed E-state index contributed by atoms with van der Waals surface area (Å²) < 4.78 is 61.2. The molecule has 0 unspecified atom stereocenters. The third-order valence-corrected chi connectivity index (χ3v) is 5.68. The van der Waals surface area contributed by atoms with Gasteiger partial charge in [-0.15, -0.1) is 0 Å². The lowest BCUT2D eigenvalue weighted by atomic mass is 9.79. The summed E-state index contributed by atoms with van der Waals surface area (Å²) in [6.45, 7) is 8.30. The normalized spacial score (nSPS) is 17.4. The minimum atomic E-state index is -4.68. The number of anilines is 3. The second kappa shape index (κ2) is 9.53. The molecule has 0 spiro atoms. The predicted molar refractivity (Wildman–Crippen MR) is 129 cm³/mol. The largest absolute Gasteiger partial charge is 0.455 e. The molecule has 2 aromatic heterocycles. The van der Waals surface area contributed by atoms with Crippen molar-refractivity contribution < 1.29 is 22.3 Å². The molecule has 7 nitrogen and oxygen atoms in total. The van der Waals surface area contributed by atoms with Crippen LogP contribution in [-0.4, -0.2) is 32.1 Å². The van der Waals surface area contributed by atoms with Crippen molar-refractivity contribution in [3.8, 4) is 11.5 Å². The van der Waals surface area contributed by atoms with E-state index in [2.05, 4.69) is 58.6 Å². The number of pyridine rings is 1. The molecule has 1 aromatic carbocycles. The van der Waals surface area contributed by atoms with E-state index in [0.29, 0.717) is 0 Å². The van der Waals surface area contributed by atoms with Crippen molar-refractivity contribution in [3.05, 3.63) is 60.3 Å². The van der Waals surface area contributed by atoms with Crippen LogP contribution in [0.25, 0.3) is 0 Å². The van der Waals surface area contributed by atoms with E-state index < -0.39 is 17.6 Å². The van der Waals surface area contributed by atoms with Gasteiger partial charge in [-0.1, -0.05) is 0 Å². The average Bonchev–Trinajstić information content (AvgIpc) is 2.75. The van der Waals surface area contributed by atoms with Crippen LogP contribution in [0.3, 0.4) is 0 Å². The molecular formula is C25H28F4N6O. The van der Waals surface area contributed by atoms with Gasteiger partial charge in [0, 0.05) is 29.0 Å². The number of alkyl halides is 3. The molecule has 0 aliphatic carbocycles. The maximum atomic E-state index is 14.5. The number of nitrogens with zero attached hydrogens (tertiary/aromatic N) is 3. The van der Waals surface area contributed by atoms with Crippen LogP contribution in [0, 0.1) is 5.82 Å². The zero-order chi connectivity index (χ0) is 26.1. The summed E-state index contributed by atoms with van der Waals surface area (Å²) in [6, 6.07) is 6.49. The van der Waals surface area contributed by atoms with Crippen molar-refractivity contribution in [2.75, 3.05) is 10.6 Å². The van der Waals surface area contributed by atoms with Gasteiger partial charge >= 0.3 is 6.18 Å². The Labute approximate surface area is 206 Å². The standard InChI is InChI=1S/C25H28F4N6O/c1-23(2)11-16(12-24(3,4)35-23)32-21-19(26)14-31-22(34-21)33-15-7-8-20(18(10-15)25(27,28)29)36-17-6-5-9-30-13-17/h5-10,13-14,16,35H,11-12H2,1-4H3,(H2,31,32,33,34). The van der Waals surface area contributed by atoms with Crippen molar-refractivity contribution in [2.24, 2.45) is 0 Å². The van der Waals surface area contributed by atoms with E-state index in [1.165, 1.54) is 30.6 Å². The summed E-state index contributed by atoms with van der Waals surface area (Å²) in [6.07, 6.45) is 0.576. The third kappa shape index (κ3) is 6.39. The van der Waals surface area contributed by atoms with E-state index in [-0.39, 0.29) is 46.1 Å². The molecule has 1 aliphatic rings. The van der Waals surface area contributed by atoms with Gasteiger partial charge in [0.2, 0.25) is 5.95 Å². The van der Waals surface area contributed by atoms with Crippen molar-refractivity contribution in [3.63, 3.8) is 0 Å². The van der Waals surface area contributed by atoms with Gasteiger partial charge in [0.05, 0.1) is 12.4 Å². The van der Waals surface area contributed by atoms with Crippen molar-refractivity contribution in [1.29, 1.82) is 0 Å². The monoisotopic (exact) mass is 504 g/mol. The number of rotatable bonds is 6. The second-order valence-corrected chi connectivity index (χ2v) is 10.2. The van der Waals surface area contributed by atoms with Crippen LogP contribution in [0.2, 0.25) is 0 Å². The highest BCUT2D eigenvalue weighted by Gasteiger charge is 2.38. The number of benzene rings is 1. The molecule has 0 radical (unpaired) electrons. The molecule has 4 rings (SSSR count). The van der Waals surface area contributed by atoms with Gasteiger partial charge in [0.15, 0.2) is 11.6 Å². The molecule has 0 saturated carbocycles. The molecule has 1 aliphatic heterocycles. The Morgan fingerprint density at radius 3 is 2.42 bits per heavy atom. The van der Waals surface area contributed by atoms with Gasteiger partial charge in [-0.25, -0.2) is 9.37 Å². The summed E-state index contributed by atoms with van der Waals surface area (Å²) in [7, 11) is 0. The first kappa shape index (κ1) is 25.6. The Bertz CT molecular complexity index is 1200. The maximum absolute atomic E-state index is 14.5. The van der Waals surface area contributed by atoms with Crippen LogP contribution in [-0.2, 0) is 6.18 Å². The number of halogens is 4. The second-order valence-electron chi connectivity index (χ2n) is 10.2. The minimum Gasteiger partial charge on any atom is -0.455 e. The van der Waals surface area contributed by atoms with Gasteiger partial charge in [-0.05, 0) is 70.9 Å². The fourth-order valence-corrected chi connectivity index (χ4v) is 4.73. The van der Waals surface area contributed by atoms with Gasteiger partial charge in [-0.2, -0.15) is 18.2 Å². The predicted octanol–water partition coefficient (Wildman–Crippen LogP) is 6.29. The molecule has 3 N–H and O–H groups in total. The van der Waals surface area contributed by atoms with Gasteiger partial charge in [0.25, 0.3) is 0 Å². The number of ether oxygens (including phenoxy) is 1. The highest BCUT2D eigenvalue weighted by atomic mass is 19.4. The molecule has 192 valence electrons. The lowest BCUT2D eigenvalue weighted by Crippen LogP contribution is -2.60. The Morgan fingerprint density at radius 2 is 1.78 bits per heavy atom. The first-order chi connectivity index (χ1) is 16.8. The fourth-order valence-electron chi connectivity index (χ4n) is 4.73. The minimum absolute atomic E-state index is 0.0152. The number of nitrogens with one attached hydrogen (secondary N) is 3. The molecule has 11 heteroatoms. The molecule has 0 atom stereocenters. The van der Waals surface area contributed by atoms with Crippen LogP contribution in [0.1, 0.15) is 46.1 Å². The van der Waals surface area contributed by atoms with Crippen LogP contribution < -0.4 is 20.7 Å². The summed E-state index contributed by atoms with van der Waals surface area (Å²) in [5.74, 6) is -0.907. The smallest absolute Gasteiger partial charge is 0.420 e. The van der Waals surface area contributed by atoms with Crippen LogP contribution in [0.5, 0.6) is 11.5 Å². The molecule has 0 amide bonds. The van der Waals surface area contributed by atoms with Crippen molar-refractivity contribution in [2.45, 2.75) is 63.8 Å². The van der Waals surface area contributed by atoms with Crippen molar-refractivity contribution >= 4 is 17.5 Å². The average molecular weight is 505 g/mol. The number of piperidine rings is 1. The van der Waals surface area contributed by atoms with Gasteiger partial charge in [-0.3, -0.25) is 4.98 Å². The van der Waals surface area contributed by atoms with E-state index in [1.54, 1.807) is 6.07 Å². The highest BCUT2D eigenvalue weighted by Crippen LogP contribution is 2.40. The lowest BCUT2D eigenvalue weighted by molar-refractivity contribution is -0.138. The van der Waals surface area contributed by atoms with Gasteiger partial charge in [0.1, 0.15) is 17.1 Å². The SMILES string of the molecule is CC1(C)CC(Nc2nc(Nc3ccc(Oc4cccnc4)c(C(F)(F)F)c3)ncc2F)CC(C)(C)N1. The van der Waals surface area contributed by atoms with E-state index in [1.807, 2.05) is 0 Å². The highest BCUT2D eigenvalue weighted by molar-refractivity contribution is 5.59. The number of hydrogen-bond donors (Lipinski definition) is 3. The van der Waals surface area contributed by atoms with Crippen LogP contribution in [0.4, 0.5) is 35.0 Å². The van der Waals surface area contributed by atoms with E-state index in [9.17, 15) is 17.6 Å².